The second-order valence-electron chi connectivity index (χ2n) is 5.63. The number of benzene rings is 1. The molecular formula is C19H14N6OS. The van der Waals surface area contributed by atoms with Gasteiger partial charge in [-0.15, -0.1) is 11.3 Å². The van der Waals surface area contributed by atoms with Crippen LogP contribution in [0.2, 0.25) is 0 Å². The fourth-order valence-corrected chi connectivity index (χ4v) is 3.34. The van der Waals surface area contributed by atoms with E-state index in [9.17, 15) is 4.79 Å². The van der Waals surface area contributed by atoms with E-state index < -0.39 is 0 Å². The highest BCUT2D eigenvalue weighted by Gasteiger charge is 2.11. The molecule has 3 aromatic heterocycles. The van der Waals surface area contributed by atoms with Crippen molar-refractivity contribution in [3.8, 4) is 21.8 Å². The number of nitrogens with zero attached hydrogens (tertiary/aromatic N) is 4. The number of amides is 1. The summed E-state index contributed by atoms with van der Waals surface area (Å²) in [5, 5.41) is 5.57. The van der Waals surface area contributed by atoms with Crippen LogP contribution in [0.5, 0.6) is 0 Å². The Morgan fingerprint density at radius 1 is 1.11 bits per heavy atom. The van der Waals surface area contributed by atoms with E-state index in [0.717, 1.165) is 16.3 Å². The molecule has 3 heterocycles. The van der Waals surface area contributed by atoms with E-state index in [1.807, 2.05) is 29.6 Å². The van der Waals surface area contributed by atoms with Crippen LogP contribution in [-0.4, -0.2) is 25.8 Å². The number of pyridine rings is 1. The molecule has 0 aliphatic carbocycles. The summed E-state index contributed by atoms with van der Waals surface area (Å²) in [6.45, 7) is 0. The molecule has 1 amide bonds. The van der Waals surface area contributed by atoms with Crippen molar-refractivity contribution < 1.29 is 4.79 Å². The largest absolute Gasteiger partial charge is 0.383 e. The van der Waals surface area contributed by atoms with Gasteiger partial charge in [-0.1, -0.05) is 12.1 Å². The first-order chi connectivity index (χ1) is 13.2. The maximum Gasteiger partial charge on any atom is 0.255 e. The molecule has 7 nitrogen and oxygen atoms in total. The molecule has 0 fully saturated rings. The third-order valence-electron chi connectivity index (χ3n) is 3.84. The molecule has 0 radical (unpaired) electrons. The van der Waals surface area contributed by atoms with Gasteiger partial charge in [-0.05, 0) is 24.3 Å². The van der Waals surface area contributed by atoms with Crippen LogP contribution in [0.3, 0.4) is 0 Å². The van der Waals surface area contributed by atoms with Crippen molar-refractivity contribution in [2.45, 2.75) is 0 Å². The van der Waals surface area contributed by atoms with Crippen molar-refractivity contribution in [1.29, 1.82) is 0 Å². The predicted molar refractivity (Wildman–Crippen MR) is 105 cm³/mol. The fourth-order valence-electron chi connectivity index (χ4n) is 2.50. The Bertz CT molecular complexity index is 1100. The van der Waals surface area contributed by atoms with E-state index in [4.69, 9.17) is 5.73 Å². The molecule has 4 aromatic rings. The molecule has 0 saturated carbocycles. The SMILES string of the molecule is Nc1ncncc1-c1nc(-c2cccc(NC(=O)c3ccncc3)c2)cs1. The topological polar surface area (TPSA) is 107 Å². The van der Waals surface area contributed by atoms with Crippen molar-refractivity contribution >= 4 is 28.7 Å². The van der Waals surface area contributed by atoms with Gasteiger partial charge in [-0.3, -0.25) is 9.78 Å². The van der Waals surface area contributed by atoms with E-state index in [-0.39, 0.29) is 5.91 Å². The second kappa shape index (κ2) is 7.30. The van der Waals surface area contributed by atoms with Crippen LogP contribution >= 0.6 is 11.3 Å². The monoisotopic (exact) mass is 374 g/mol. The molecule has 0 spiro atoms. The lowest BCUT2D eigenvalue weighted by Crippen LogP contribution is -2.11. The van der Waals surface area contributed by atoms with E-state index in [0.29, 0.717) is 22.6 Å². The molecule has 3 N–H and O–H groups in total. The van der Waals surface area contributed by atoms with Crippen molar-refractivity contribution in [1.82, 2.24) is 19.9 Å². The summed E-state index contributed by atoms with van der Waals surface area (Å²) < 4.78 is 0. The van der Waals surface area contributed by atoms with E-state index in [1.165, 1.54) is 17.7 Å². The normalized spacial score (nSPS) is 10.5. The van der Waals surface area contributed by atoms with Crippen molar-refractivity contribution in [2.24, 2.45) is 0 Å². The minimum atomic E-state index is -0.192. The molecule has 8 heteroatoms. The lowest BCUT2D eigenvalue weighted by Gasteiger charge is -2.06. The van der Waals surface area contributed by atoms with Gasteiger partial charge in [0, 0.05) is 40.8 Å². The molecule has 0 saturated heterocycles. The Kier molecular flexibility index (Phi) is 4.54. The Hall–Kier alpha value is -3.65. The van der Waals surface area contributed by atoms with Gasteiger partial charge in [0.15, 0.2) is 0 Å². The van der Waals surface area contributed by atoms with Crippen LogP contribution in [0.1, 0.15) is 10.4 Å². The Morgan fingerprint density at radius 3 is 2.78 bits per heavy atom. The zero-order valence-electron chi connectivity index (χ0n) is 14.0. The average Bonchev–Trinajstić information content (AvgIpc) is 3.19. The fraction of sp³-hybridized carbons (Fsp3) is 0. The summed E-state index contributed by atoms with van der Waals surface area (Å²) in [7, 11) is 0. The third kappa shape index (κ3) is 3.65. The van der Waals surface area contributed by atoms with Crippen LogP contribution in [-0.2, 0) is 0 Å². The van der Waals surface area contributed by atoms with Gasteiger partial charge in [0.1, 0.15) is 17.2 Å². The van der Waals surface area contributed by atoms with E-state index in [2.05, 4.69) is 25.3 Å². The van der Waals surface area contributed by atoms with Gasteiger partial charge in [-0.25, -0.2) is 15.0 Å². The lowest BCUT2D eigenvalue weighted by molar-refractivity contribution is 0.102. The number of rotatable bonds is 4. The van der Waals surface area contributed by atoms with Crippen molar-refractivity contribution in [2.75, 3.05) is 11.1 Å². The average molecular weight is 374 g/mol. The molecule has 0 atom stereocenters. The van der Waals surface area contributed by atoms with Gasteiger partial charge < -0.3 is 11.1 Å². The minimum absolute atomic E-state index is 0.192. The number of nitrogen functional groups attached to an aromatic ring is 1. The van der Waals surface area contributed by atoms with Gasteiger partial charge >= 0.3 is 0 Å². The molecule has 0 aliphatic rings. The number of thiazole rings is 1. The Morgan fingerprint density at radius 2 is 1.96 bits per heavy atom. The first kappa shape index (κ1) is 16.8. The van der Waals surface area contributed by atoms with Crippen LogP contribution in [0.25, 0.3) is 21.8 Å². The molecule has 0 unspecified atom stereocenters. The molecular weight excluding hydrogens is 360 g/mol. The highest BCUT2D eigenvalue weighted by atomic mass is 32.1. The first-order valence-electron chi connectivity index (χ1n) is 8.04. The van der Waals surface area contributed by atoms with Crippen LogP contribution in [0, 0.1) is 0 Å². The minimum Gasteiger partial charge on any atom is -0.383 e. The number of carbonyl (C=O) groups is 1. The summed E-state index contributed by atoms with van der Waals surface area (Å²) in [6, 6.07) is 10.8. The van der Waals surface area contributed by atoms with Crippen molar-refractivity contribution in [3.05, 3.63) is 72.3 Å². The molecule has 1 aromatic carbocycles. The highest BCUT2D eigenvalue weighted by Crippen LogP contribution is 2.31. The summed E-state index contributed by atoms with van der Waals surface area (Å²) in [4.78, 5) is 28.9. The molecule has 132 valence electrons. The number of hydrogen-bond acceptors (Lipinski definition) is 7. The number of nitrogens with two attached hydrogens (primary N) is 1. The number of carbonyl (C=O) groups excluding carboxylic acids is 1. The van der Waals surface area contributed by atoms with E-state index in [1.54, 1.807) is 30.7 Å². The quantitative estimate of drug-likeness (QED) is 0.566. The maximum absolute atomic E-state index is 12.3. The van der Waals surface area contributed by atoms with Gasteiger partial charge in [0.2, 0.25) is 0 Å². The Labute approximate surface area is 159 Å². The molecule has 27 heavy (non-hydrogen) atoms. The number of aromatic nitrogens is 4. The summed E-state index contributed by atoms with van der Waals surface area (Å²) in [5.74, 6) is 0.201. The second-order valence-corrected chi connectivity index (χ2v) is 6.49. The molecule has 0 aliphatic heterocycles. The maximum atomic E-state index is 12.3. The standard InChI is InChI=1S/C19H14N6OS/c20-17-15(9-22-11-23-17)19-25-16(10-27-19)13-2-1-3-14(8-13)24-18(26)12-4-6-21-7-5-12/h1-11H,(H,24,26)(H2,20,22,23). The Balaban J connectivity index is 1.58. The lowest BCUT2D eigenvalue weighted by atomic mass is 10.1. The van der Waals surface area contributed by atoms with Gasteiger partial charge in [0.05, 0.1) is 11.3 Å². The first-order valence-corrected chi connectivity index (χ1v) is 8.92. The zero-order chi connectivity index (χ0) is 18.6. The van der Waals surface area contributed by atoms with Gasteiger partial charge in [0.25, 0.3) is 5.91 Å². The number of hydrogen-bond donors (Lipinski definition) is 2. The number of anilines is 2. The van der Waals surface area contributed by atoms with Crippen molar-refractivity contribution in [3.63, 3.8) is 0 Å². The predicted octanol–water partition coefficient (Wildman–Crippen LogP) is 3.50. The van der Waals surface area contributed by atoms with Crippen LogP contribution in [0.15, 0.2) is 66.7 Å². The van der Waals surface area contributed by atoms with Gasteiger partial charge in [-0.2, -0.15) is 0 Å². The number of nitrogens with one attached hydrogen (secondary N) is 1. The zero-order valence-corrected chi connectivity index (χ0v) is 14.9. The molecule has 0 bridgehead atoms. The highest BCUT2D eigenvalue weighted by molar-refractivity contribution is 7.13. The van der Waals surface area contributed by atoms with Crippen LogP contribution < -0.4 is 11.1 Å². The van der Waals surface area contributed by atoms with E-state index >= 15 is 0 Å². The summed E-state index contributed by atoms with van der Waals surface area (Å²) >= 11 is 1.46. The molecule has 4 rings (SSSR count). The summed E-state index contributed by atoms with van der Waals surface area (Å²) in [5.41, 5.74) is 9.52. The summed E-state index contributed by atoms with van der Waals surface area (Å²) in [6.07, 6.45) is 6.22. The third-order valence-corrected chi connectivity index (χ3v) is 4.71. The smallest absolute Gasteiger partial charge is 0.255 e. The van der Waals surface area contributed by atoms with Crippen LogP contribution in [0.4, 0.5) is 11.5 Å².